The van der Waals surface area contributed by atoms with Crippen LogP contribution in [0, 0.1) is 13.8 Å². The number of nitrogens with zero attached hydrogens (tertiary/aromatic N) is 2. The standard InChI is InChI=1S/C30H37N3O5S/c1-6-26(30(35)31-7-2)32(20-24-16-12-22(3)13-17-24)29(34)21-33(27-10-8-9-11-28(27)38-5)39(36,37)25-18-14-23(4)15-19-25/h8-19,26H,6-7,20-21H2,1-5H3,(H,31,35)/t26-/m0/s1. The minimum atomic E-state index is -4.17. The third kappa shape index (κ3) is 7.17. The van der Waals surface area contributed by atoms with Crippen LogP contribution in [0.4, 0.5) is 5.69 Å². The number of hydrogen-bond donors (Lipinski definition) is 1. The lowest BCUT2D eigenvalue weighted by molar-refractivity contribution is -0.140. The average molecular weight is 552 g/mol. The second-order valence-corrected chi connectivity index (χ2v) is 11.2. The Bertz CT molecular complexity index is 1370. The van der Waals surface area contributed by atoms with Crippen LogP contribution in [-0.4, -0.2) is 51.4 Å². The summed E-state index contributed by atoms with van der Waals surface area (Å²) < 4.78 is 34.5. The highest BCUT2D eigenvalue weighted by molar-refractivity contribution is 7.92. The highest BCUT2D eigenvalue weighted by atomic mass is 32.2. The molecule has 0 aromatic heterocycles. The molecule has 9 heteroatoms. The van der Waals surface area contributed by atoms with Gasteiger partial charge in [-0.05, 0) is 57.0 Å². The molecule has 0 heterocycles. The van der Waals surface area contributed by atoms with Crippen LogP contribution in [0.3, 0.4) is 0 Å². The van der Waals surface area contributed by atoms with E-state index in [0.717, 1.165) is 21.0 Å². The topological polar surface area (TPSA) is 96.0 Å². The summed E-state index contributed by atoms with van der Waals surface area (Å²) in [4.78, 5) is 28.6. The third-order valence-electron chi connectivity index (χ3n) is 6.45. The Kier molecular flexibility index (Phi) is 10.1. The molecule has 1 N–H and O–H groups in total. The predicted octanol–water partition coefficient (Wildman–Crippen LogP) is 4.45. The van der Waals surface area contributed by atoms with Gasteiger partial charge in [-0.1, -0.05) is 66.6 Å². The van der Waals surface area contributed by atoms with Crippen molar-refractivity contribution in [3.63, 3.8) is 0 Å². The molecule has 3 aromatic carbocycles. The van der Waals surface area contributed by atoms with Crippen molar-refractivity contribution in [1.29, 1.82) is 0 Å². The van der Waals surface area contributed by atoms with E-state index in [1.165, 1.54) is 24.1 Å². The van der Waals surface area contributed by atoms with Gasteiger partial charge in [0.25, 0.3) is 10.0 Å². The van der Waals surface area contributed by atoms with Gasteiger partial charge in [0, 0.05) is 13.1 Å². The highest BCUT2D eigenvalue weighted by Gasteiger charge is 2.34. The van der Waals surface area contributed by atoms with Gasteiger partial charge >= 0.3 is 0 Å². The van der Waals surface area contributed by atoms with Crippen LogP contribution < -0.4 is 14.4 Å². The molecular weight excluding hydrogens is 514 g/mol. The summed E-state index contributed by atoms with van der Waals surface area (Å²) in [5, 5.41) is 2.81. The Hall–Kier alpha value is -3.85. The maximum Gasteiger partial charge on any atom is 0.264 e. The molecule has 0 fully saturated rings. The van der Waals surface area contributed by atoms with E-state index in [1.807, 2.05) is 52.0 Å². The number of carbonyl (C=O) groups is 2. The zero-order valence-electron chi connectivity index (χ0n) is 23.2. The van der Waals surface area contributed by atoms with Crippen LogP contribution in [0.5, 0.6) is 5.75 Å². The quantitative estimate of drug-likeness (QED) is 0.359. The maximum atomic E-state index is 14.0. The average Bonchev–Trinajstić information content (AvgIpc) is 2.93. The lowest BCUT2D eigenvalue weighted by Crippen LogP contribution is -2.52. The van der Waals surface area contributed by atoms with Crippen molar-refractivity contribution in [2.45, 2.75) is 51.6 Å². The molecule has 2 amide bonds. The van der Waals surface area contributed by atoms with Gasteiger partial charge in [-0.25, -0.2) is 8.42 Å². The van der Waals surface area contributed by atoms with Crippen LogP contribution in [0.1, 0.15) is 37.0 Å². The van der Waals surface area contributed by atoms with Gasteiger partial charge in [0.2, 0.25) is 11.8 Å². The Morgan fingerprint density at radius 1 is 0.897 bits per heavy atom. The first-order chi connectivity index (χ1) is 18.6. The summed E-state index contributed by atoms with van der Waals surface area (Å²) in [6.45, 7) is 7.53. The Labute approximate surface area is 231 Å². The summed E-state index contributed by atoms with van der Waals surface area (Å²) >= 11 is 0. The summed E-state index contributed by atoms with van der Waals surface area (Å²) in [7, 11) is -2.72. The molecule has 1 atom stereocenters. The van der Waals surface area contributed by atoms with Gasteiger partial charge < -0.3 is 15.0 Å². The summed E-state index contributed by atoms with van der Waals surface area (Å²) in [5.74, 6) is -0.484. The number of nitrogens with one attached hydrogen (secondary N) is 1. The molecule has 208 valence electrons. The molecule has 0 bridgehead atoms. The number of sulfonamides is 1. The lowest BCUT2D eigenvalue weighted by atomic mass is 10.1. The number of carbonyl (C=O) groups excluding carboxylic acids is 2. The Morgan fingerprint density at radius 2 is 1.49 bits per heavy atom. The minimum Gasteiger partial charge on any atom is -0.495 e. The van der Waals surface area contributed by atoms with Gasteiger partial charge in [-0.2, -0.15) is 0 Å². The molecule has 0 radical (unpaired) electrons. The fourth-order valence-corrected chi connectivity index (χ4v) is 5.71. The number of likely N-dealkylation sites (N-methyl/N-ethyl adjacent to an activating group) is 1. The third-order valence-corrected chi connectivity index (χ3v) is 8.23. The molecule has 0 unspecified atom stereocenters. The van der Waals surface area contributed by atoms with E-state index in [0.29, 0.717) is 18.7 Å². The molecular formula is C30H37N3O5S. The number of amides is 2. The van der Waals surface area contributed by atoms with Crippen LogP contribution in [0.2, 0.25) is 0 Å². The van der Waals surface area contributed by atoms with Gasteiger partial charge in [0.05, 0.1) is 17.7 Å². The Morgan fingerprint density at radius 3 is 2.05 bits per heavy atom. The Balaban J connectivity index is 2.09. The van der Waals surface area contributed by atoms with E-state index in [9.17, 15) is 18.0 Å². The first kappa shape index (κ1) is 29.7. The number of benzene rings is 3. The van der Waals surface area contributed by atoms with Crippen molar-refractivity contribution < 1.29 is 22.7 Å². The van der Waals surface area contributed by atoms with Gasteiger partial charge in [-0.15, -0.1) is 0 Å². The van der Waals surface area contributed by atoms with Crippen LogP contribution in [0.25, 0.3) is 0 Å². The smallest absolute Gasteiger partial charge is 0.264 e. The molecule has 0 aliphatic heterocycles. The maximum absolute atomic E-state index is 14.0. The van der Waals surface area contributed by atoms with Gasteiger partial charge in [0.15, 0.2) is 0 Å². The van der Waals surface area contributed by atoms with Crippen molar-refractivity contribution in [2.24, 2.45) is 0 Å². The second kappa shape index (κ2) is 13.3. The van der Waals surface area contributed by atoms with Crippen molar-refractivity contribution in [3.05, 3.63) is 89.5 Å². The van der Waals surface area contributed by atoms with Gasteiger partial charge in [0.1, 0.15) is 18.3 Å². The van der Waals surface area contributed by atoms with Gasteiger partial charge in [-0.3, -0.25) is 13.9 Å². The molecule has 0 aliphatic carbocycles. The SMILES string of the molecule is CCNC(=O)[C@H](CC)N(Cc1ccc(C)cc1)C(=O)CN(c1ccccc1OC)S(=O)(=O)c1ccc(C)cc1. The van der Waals surface area contributed by atoms with Crippen LogP contribution >= 0.6 is 0 Å². The number of ether oxygens (including phenoxy) is 1. The zero-order chi connectivity index (χ0) is 28.6. The molecule has 0 saturated carbocycles. The normalized spacial score (nSPS) is 11.9. The van der Waals surface area contributed by atoms with Crippen molar-refractivity contribution in [1.82, 2.24) is 10.2 Å². The number of aryl methyl sites for hydroxylation is 2. The molecule has 0 spiro atoms. The van der Waals surface area contributed by atoms with E-state index in [2.05, 4.69) is 5.32 Å². The molecule has 3 rings (SSSR count). The molecule has 0 aliphatic rings. The number of methoxy groups -OCH3 is 1. The summed E-state index contributed by atoms with van der Waals surface area (Å²) in [6, 6.07) is 20.0. The number of hydrogen-bond acceptors (Lipinski definition) is 5. The van der Waals surface area contributed by atoms with E-state index in [1.54, 1.807) is 36.4 Å². The summed E-state index contributed by atoms with van der Waals surface area (Å²) in [6.07, 6.45) is 0.364. The van der Waals surface area contributed by atoms with E-state index in [-0.39, 0.29) is 23.0 Å². The highest BCUT2D eigenvalue weighted by Crippen LogP contribution is 2.32. The number of rotatable bonds is 12. The van der Waals surface area contributed by atoms with Crippen LogP contribution in [0.15, 0.2) is 77.7 Å². The van der Waals surface area contributed by atoms with E-state index >= 15 is 0 Å². The fraction of sp³-hybridized carbons (Fsp3) is 0.333. The summed E-state index contributed by atoms with van der Waals surface area (Å²) in [5.41, 5.74) is 3.04. The monoisotopic (exact) mass is 551 g/mol. The molecule has 0 saturated heterocycles. The first-order valence-electron chi connectivity index (χ1n) is 13.0. The van der Waals surface area contributed by atoms with Crippen molar-refractivity contribution >= 4 is 27.5 Å². The molecule has 3 aromatic rings. The fourth-order valence-electron chi connectivity index (χ4n) is 4.29. The van der Waals surface area contributed by atoms with Crippen molar-refractivity contribution in [2.75, 3.05) is 24.5 Å². The lowest BCUT2D eigenvalue weighted by Gasteiger charge is -2.33. The number of para-hydroxylation sites is 2. The molecule has 39 heavy (non-hydrogen) atoms. The minimum absolute atomic E-state index is 0.0488. The molecule has 8 nitrogen and oxygen atoms in total. The number of anilines is 1. The van der Waals surface area contributed by atoms with Crippen LogP contribution in [-0.2, 0) is 26.2 Å². The van der Waals surface area contributed by atoms with E-state index < -0.39 is 28.5 Å². The van der Waals surface area contributed by atoms with Crippen molar-refractivity contribution in [3.8, 4) is 5.75 Å². The predicted molar refractivity (Wildman–Crippen MR) is 153 cm³/mol. The second-order valence-electron chi connectivity index (χ2n) is 9.32. The van der Waals surface area contributed by atoms with E-state index in [4.69, 9.17) is 4.74 Å². The first-order valence-corrected chi connectivity index (χ1v) is 14.4. The largest absolute Gasteiger partial charge is 0.495 e. The zero-order valence-corrected chi connectivity index (χ0v) is 24.0.